The summed E-state index contributed by atoms with van der Waals surface area (Å²) in [5, 5.41) is 8.91. The second-order valence-electron chi connectivity index (χ2n) is 8.17. The molecule has 8 heteroatoms. The van der Waals surface area contributed by atoms with Crippen LogP contribution >= 0.6 is 0 Å². The van der Waals surface area contributed by atoms with E-state index in [-0.39, 0.29) is 31.0 Å². The van der Waals surface area contributed by atoms with Gasteiger partial charge in [0.05, 0.1) is 17.9 Å². The van der Waals surface area contributed by atoms with Gasteiger partial charge in [0, 0.05) is 23.4 Å². The van der Waals surface area contributed by atoms with Crippen molar-refractivity contribution in [3.63, 3.8) is 0 Å². The molecule has 5 aromatic rings. The van der Waals surface area contributed by atoms with Crippen molar-refractivity contribution < 1.29 is 14.3 Å². The molecule has 0 N–H and O–H groups in total. The van der Waals surface area contributed by atoms with E-state index in [4.69, 9.17) is 14.6 Å². The third-order valence-electron chi connectivity index (χ3n) is 5.61. The Morgan fingerprint density at radius 3 is 2.19 bits per heavy atom. The van der Waals surface area contributed by atoms with E-state index in [0.29, 0.717) is 11.4 Å². The molecule has 5 rings (SSSR count). The molecule has 2 aromatic heterocycles. The summed E-state index contributed by atoms with van der Waals surface area (Å²) in [7, 11) is 0. The van der Waals surface area contributed by atoms with Gasteiger partial charge in [0.15, 0.2) is 5.69 Å². The van der Waals surface area contributed by atoms with Crippen molar-refractivity contribution in [2.75, 3.05) is 6.61 Å². The summed E-state index contributed by atoms with van der Waals surface area (Å²) in [5.74, 6) is 0.0561. The molecular weight excluding hydrogens is 468 g/mol. The van der Waals surface area contributed by atoms with Crippen molar-refractivity contribution in [2.45, 2.75) is 13.2 Å². The Morgan fingerprint density at radius 1 is 0.784 bits per heavy atom. The molecule has 0 spiro atoms. The molecule has 0 fully saturated rings. The van der Waals surface area contributed by atoms with Gasteiger partial charge in [-0.25, -0.2) is 14.2 Å². The van der Waals surface area contributed by atoms with Crippen LogP contribution in [0.2, 0.25) is 0 Å². The summed E-state index contributed by atoms with van der Waals surface area (Å²) in [6.07, 6.45) is 1.85. The van der Waals surface area contributed by atoms with E-state index in [1.54, 1.807) is 4.68 Å². The van der Waals surface area contributed by atoms with Gasteiger partial charge in [0.2, 0.25) is 0 Å². The van der Waals surface area contributed by atoms with Crippen LogP contribution in [0.15, 0.2) is 114 Å². The first kappa shape index (κ1) is 23.7. The first-order valence-electron chi connectivity index (χ1n) is 11.8. The maximum absolute atomic E-state index is 12.8. The summed E-state index contributed by atoms with van der Waals surface area (Å²) in [6.45, 7) is 0.416. The van der Waals surface area contributed by atoms with E-state index in [2.05, 4.69) is 5.10 Å². The summed E-state index contributed by atoms with van der Waals surface area (Å²) in [6, 6.07) is 31.4. The Kier molecular flexibility index (Phi) is 7.17. The second kappa shape index (κ2) is 11.2. The standard InChI is InChI=1S/C29H24N4O4/c34-27-17-16-26(30-32(27)18-19-36-25-14-8-3-9-15-25)29(35)37-21-23-20-33(24-12-6-2-7-13-24)31-28(23)22-10-4-1-5-11-22/h1-17,20H,18-19,21H2. The fraction of sp³-hybridized carbons (Fsp3) is 0.103. The molecule has 0 aliphatic carbocycles. The summed E-state index contributed by atoms with van der Waals surface area (Å²) in [4.78, 5) is 25.1. The first-order valence-corrected chi connectivity index (χ1v) is 11.8. The molecule has 0 saturated heterocycles. The predicted molar refractivity (Wildman–Crippen MR) is 139 cm³/mol. The second-order valence-corrected chi connectivity index (χ2v) is 8.17. The average molecular weight is 493 g/mol. The zero-order chi connectivity index (χ0) is 25.5. The molecule has 2 heterocycles. The molecule has 8 nitrogen and oxygen atoms in total. The van der Waals surface area contributed by atoms with Gasteiger partial charge in [0.25, 0.3) is 5.56 Å². The molecule has 0 unspecified atom stereocenters. The minimum atomic E-state index is -0.635. The van der Waals surface area contributed by atoms with Gasteiger partial charge >= 0.3 is 5.97 Å². The van der Waals surface area contributed by atoms with E-state index in [1.165, 1.54) is 16.8 Å². The molecule has 0 atom stereocenters. The highest BCUT2D eigenvalue weighted by atomic mass is 16.5. The number of aromatic nitrogens is 4. The fourth-order valence-corrected chi connectivity index (χ4v) is 3.77. The van der Waals surface area contributed by atoms with Gasteiger partial charge in [-0.15, -0.1) is 0 Å². The monoisotopic (exact) mass is 492 g/mol. The number of carbonyl (C=O) groups excluding carboxylic acids is 1. The summed E-state index contributed by atoms with van der Waals surface area (Å²) < 4.78 is 14.2. The van der Waals surface area contributed by atoms with Crippen LogP contribution in [-0.2, 0) is 17.9 Å². The largest absolute Gasteiger partial charge is 0.492 e. The van der Waals surface area contributed by atoms with Crippen molar-refractivity contribution in [3.05, 3.63) is 131 Å². The number of carbonyl (C=O) groups is 1. The third kappa shape index (κ3) is 5.82. The van der Waals surface area contributed by atoms with E-state index < -0.39 is 5.97 Å². The number of hydrogen-bond acceptors (Lipinski definition) is 6. The van der Waals surface area contributed by atoms with Crippen molar-refractivity contribution >= 4 is 5.97 Å². The van der Waals surface area contributed by atoms with Gasteiger partial charge in [0.1, 0.15) is 19.0 Å². The Bertz CT molecular complexity index is 1530. The maximum atomic E-state index is 12.8. The minimum absolute atomic E-state index is 0.00613. The van der Waals surface area contributed by atoms with Crippen LogP contribution in [0.25, 0.3) is 16.9 Å². The van der Waals surface area contributed by atoms with Crippen LogP contribution in [0.4, 0.5) is 0 Å². The number of nitrogens with zero attached hydrogens (tertiary/aromatic N) is 4. The number of rotatable bonds is 9. The van der Waals surface area contributed by atoms with Crippen molar-refractivity contribution in [1.29, 1.82) is 0 Å². The normalized spacial score (nSPS) is 10.7. The lowest BCUT2D eigenvalue weighted by atomic mass is 10.1. The number of hydrogen-bond donors (Lipinski definition) is 0. The van der Waals surface area contributed by atoms with Crippen LogP contribution in [0.3, 0.4) is 0 Å². The average Bonchev–Trinajstić information content (AvgIpc) is 3.39. The van der Waals surface area contributed by atoms with Crippen LogP contribution in [-0.4, -0.2) is 32.1 Å². The van der Waals surface area contributed by atoms with Crippen molar-refractivity contribution in [1.82, 2.24) is 19.6 Å². The molecule has 0 aliphatic rings. The Morgan fingerprint density at radius 2 is 1.46 bits per heavy atom. The quantitative estimate of drug-likeness (QED) is 0.281. The van der Waals surface area contributed by atoms with Gasteiger partial charge in [-0.05, 0) is 30.3 Å². The molecule has 0 amide bonds. The van der Waals surface area contributed by atoms with Crippen molar-refractivity contribution in [2.24, 2.45) is 0 Å². The zero-order valence-electron chi connectivity index (χ0n) is 19.9. The van der Waals surface area contributed by atoms with Crippen molar-refractivity contribution in [3.8, 4) is 22.7 Å². The first-order chi connectivity index (χ1) is 18.2. The minimum Gasteiger partial charge on any atom is -0.492 e. The zero-order valence-corrected chi connectivity index (χ0v) is 19.9. The van der Waals surface area contributed by atoms with Crippen LogP contribution in [0, 0.1) is 0 Å². The molecule has 0 bridgehead atoms. The Labute approximate surface area is 213 Å². The lowest BCUT2D eigenvalue weighted by Gasteiger charge is -2.09. The molecule has 37 heavy (non-hydrogen) atoms. The third-order valence-corrected chi connectivity index (χ3v) is 5.61. The Balaban J connectivity index is 1.30. The van der Waals surface area contributed by atoms with Gasteiger partial charge in [-0.3, -0.25) is 4.79 Å². The van der Waals surface area contributed by atoms with Crippen LogP contribution < -0.4 is 10.3 Å². The van der Waals surface area contributed by atoms with E-state index in [9.17, 15) is 9.59 Å². The highest BCUT2D eigenvalue weighted by Gasteiger charge is 2.16. The summed E-state index contributed by atoms with van der Waals surface area (Å²) >= 11 is 0. The highest BCUT2D eigenvalue weighted by Crippen LogP contribution is 2.24. The number of para-hydroxylation sites is 2. The molecular formula is C29H24N4O4. The number of esters is 1. The predicted octanol–water partition coefficient (Wildman–Crippen LogP) is 4.53. The van der Waals surface area contributed by atoms with Gasteiger partial charge < -0.3 is 9.47 Å². The van der Waals surface area contributed by atoms with Gasteiger partial charge in [-0.1, -0.05) is 66.7 Å². The Hall–Kier alpha value is -4.98. The van der Waals surface area contributed by atoms with E-state index in [0.717, 1.165) is 16.8 Å². The fourth-order valence-electron chi connectivity index (χ4n) is 3.77. The topological polar surface area (TPSA) is 88.2 Å². The number of benzene rings is 3. The number of ether oxygens (including phenoxy) is 2. The lowest BCUT2D eigenvalue weighted by molar-refractivity contribution is 0.0462. The molecule has 0 radical (unpaired) electrons. The van der Waals surface area contributed by atoms with Gasteiger partial charge in [-0.2, -0.15) is 10.2 Å². The van der Waals surface area contributed by atoms with Crippen LogP contribution in [0.1, 0.15) is 16.1 Å². The molecule has 184 valence electrons. The van der Waals surface area contributed by atoms with E-state index >= 15 is 0 Å². The molecule has 0 saturated carbocycles. The lowest BCUT2D eigenvalue weighted by Crippen LogP contribution is -2.27. The molecule has 3 aromatic carbocycles. The highest BCUT2D eigenvalue weighted by molar-refractivity contribution is 5.87. The molecule has 0 aliphatic heterocycles. The SMILES string of the molecule is O=C(OCc1cn(-c2ccccc2)nc1-c1ccccc1)c1ccc(=O)n(CCOc2ccccc2)n1. The summed E-state index contributed by atoms with van der Waals surface area (Å²) in [5.41, 5.74) is 2.97. The maximum Gasteiger partial charge on any atom is 0.359 e. The smallest absolute Gasteiger partial charge is 0.359 e. The van der Waals surface area contributed by atoms with Crippen LogP contribution in [0.5, 0.6) is 5.75 Å². The van der Waals surface area contributed by atoms with E-state index in [1.807, 2.05) is 97.2 Å².